The van der Waals surface area contributed by atoms with E-state index >= 15 is 0 Å². The molecule has 118 valence electrons. The highest BCUT2D eigenvalue weighted by atomic mass is 31.2. The quantitative estimate of drug-likeness (QED) is 0.579. The Morgan fingerprint density at radius 3 is 2.27 bits per heavy atom. The lowest BCUT2D eigenvalue weighted by Crippen LogP contribution is -2.48. The molecule has 0 saturated carbocycles. The Kier molecular flexibility index (Phi) is 4.75. The molecular weight excluding hydrogens is 315 g/mol. The molecule has 5 nitrogen and oxygen atoms in total. The van der Waals surface area contributed by atoms with E-state index in [1.54, 1.807) is 30.3 Å². The molecule has 0 aliphatic heterocycles. The van der Waals surface area contributed by atoms with Gasteiger partial charge in [-0.05, 0) is 22.8 Å². The number of halogens is 2. The highest BCUT2D eigenvalue weighted by Crippen LogP contribution is 2.59. The maximum Gasteiger partial charge on any atom is 0.399 e. The van der Waals surface area contributed by atoms with Crippen molar-refractivity contribution in [3.05, 3.63) is 59.7 Å². The highest BCUT2D eigenvalue weighted by molar-refractivity contribution is 7.52. The predicted octanol–water partition coefficient (Wildman–Crippen LogP) is 2.25. The summed E-state index contributed by atoms with van der Waals surface area (Å²) in [5.41, 5.74) is -2.98. The fraction of sp³-hybridized carbons (Fsp3) is 0.143. The van der Waals surface area contributed by atoms with E-state index in [4.69, 9.17) is 14.6 Å². The fourth-order valence-electron chi connectivity index (χ4n) is 1.97. The van der Waals surface area contributed by atoms with Crippen LogP contribution in [0, 0.1) is 0 Å². The number of alkyl halides is 2. The van der Waals surface area contributed by atoms with E-state index in [1.165, 1.54) is 6.07 Å². The summed E-state index contributed by atoms with van der Waals surface area (Å²) in [7, 11) is -5.58. The zero-order valence-electron chi connectivity index (χ0n) is 11.4. The third kappa shape index (κ3) is 3.40. The second-order valence-electron chi connectivity index (χ2n) is 4.71. The lowest BCUT2D eigenvalue weighted by Gasteiger charge is -2.18. The summed E-state index contributed by atoms with van der Waals surface area (Å²) >= 11 is 0. The Labute approximate surface area is 125 Å². The van der Waals surface area contributed by atoms with E-state index in [2.05, 4.69) is 5.90 Å². The SMILES string of the molecule is [NH3+]OCc1ccc(-c2cccc(C(F)(F)P(=O)(O)O)c2)cc1. The number of benzene rings is 2. The van der Waals surface area contributed by atoms with Crippen LogP contribution in [0.4, 0.5) is 8.78 Å². The summed E-state index contributed by atoms with van der Waals surface area (Å²) in [6, 6.07) is 11.9. The smallest absolute Gasteiger partial charge is 0.320 e. The van der Waals surface area contributed by atoms with Crippen LogP contribution in [-0.2, 0) is 21.7 Å². The molecule has 0 radical (unpaired) electrons. The third-order valence-corrected chi connectivity index (χ3v) is 4.12. The fourth-order valence-corrected chi connectivity index (χ4v) is 2.44. The Balaban J connectivity index is 2.38. The lowest BCUT2D eigenvalue weighted by atomic mass is 10.0. The van der Waals surface area contributed by atoms with E-state index in [9.17, 15) is 13.3 Å². The Morgan fingerprint density at radius 2 is 1.73 bits per heavy atom. The first kappa shape index (κ1) is 16.7. The number of quaternary nitrogens is 1. The summed E-state index contributed by atoms with van der Waals surface area (Å²) in [5.74, 6) is 3.27. The molecule has 0 fully saturated rings. The van der Waals surface area contributed by atoms with Gasteiger partial charge in [0.1, 0.15) is 6.61 Å². The molecule has 22 heavy (non-hydrogen) atoms. The van der Waals surface area contributed by atoms with Gasteiger partial charge in [-0.3, -0.25) is 4.57 Å². The number of hydrogen-bond donors (Lipinski definition) is 3. The van der Waals surface area contributed by atoms with Crippen LogP contribution >= 0.6 is 7.60 Å². The zero-order valence-corrected chi connectivity index (χ0v) is 12.3. The van der Waals surface area contributed by atoms with Crippen LogP contribution < -0.4 is 5.90 Å². The molecular formula is C14H15F2NO4P+. The summed E-state index contributed by atoms with van der Waals surface area (Å²) in [5, 5.41) is 0. The first-order valence-corrected chi connectivity index (χ1v) is 7.87. The van der Waals surface area contributed by atoms with Gasteiger partial charge in [0.05, 0.1) is 0 Å². The van der Waals surface area contributed by atoms with Crippen molar-refractivity contribution in [2.45, 2.75) is 12.3 Å². The molecule has 0 aliphatic carbocycles. The first-order chi connectivity index (χ1) is 10.3. The van der Waals surface area contributed by atoms with Crippen molar-refractivity contribution < 1.29 is 33.9 Å². The maximum absolute atomic E-state index is 13.7. The van der Waals surface area contributed by atoms with E-state index in [0.717, 1.165) is 17.7 Å². The second kappa shape index (κ2) is 6.24. The topological polar surface area (TPSA) is 94.4 Å². The van der Waals surface area contributed by atoms with Gasteiger partial charge >= 0.3 is 13.3 Å². The second-order valence-corrected chi connectivity index (χ2v) is 6.36. The molecule has 0 heterocycles. The van der Waals surface area contributed by atoms with Crippen LogP contribution in [0.2, 0.25) is 0 Å². The molecule has 5 N–H and O–H groups in total. The molecule has 0 atom stereocenters. The molecule has 2 aromatic rings. The Bertz CT molecular complexity index is 700. The van der Waals surface area contributed by atoms with E-state index in [0.29, 0.717) is 17.7 Å². The van der Waals surface area contributed by atoms with Crippen LogP contribution in [0.1, 0.15) is 11.1 Å². The molecule has 0 unspecified atom stereocenters. The van der Waals surface area contributed by atoms with Gasteiger partial charge in [0.25, 0.3) is 0 Å². The van der Waals surface area contributed by atoms with Gasteiger partial charge < -0.3 is 9.79 Å². The van der Waals surface area contributed by atoms with Crippen LogP contribution in [0.3, 0.4) is 0 Å². The maximum atomic E-state index is 13.7. The molecule has 0 aliphatic rings. The molecule has 0 bridgehead atoms. The summed E-state index contributed by atoms with van der Waals surface area (Å²) in [6.07, 6.45) is 0. The van der Waals surface area contributed by atoms with Crippen molar-refractivity contribution in [1.82, 2.24) is 0 Å². The molecule has 0 saturated heterocycles. The minimum Gasteiger partial charge on any atom is -0.320 e. The predicted molar refractivity (Wildman–Crippen MR) is 75.5 cm³/mol. The van der Waals surface area contributed by atoms with Crippen molar-refractivity contribution in [2.24, 2.45) is 0 Å². The van der Waals surface area contributed by atoms with Gasteiger partial charge in [-0.1, -0.05) is 42.5 Å². The van der Waals surface area contributed by atoms with Crippen molar-refractivity contribution in [3.8, 4) is 11.1 Å². The molecule has 2 rings (SSSR count). The van der Waals surface area contributed by atoms with Crippen molar-refractivity contribution >= 4 is 7.60 Å². The van der Waals surface area contributed by atoms with Crippen molar-refractivity contribution in [2.75, 3.05) is 0 Å². The van der Waals surface area contributed by atoms with Gasteiger partial charge in [0, 0.05) is 5.56 Å². The molecule has 8 heteroatoms. The molecule has 0 spiro atoms. The highest BCUT2D eigenvalue weighted by Gasteiger charge is 2.50. The van der Waals surface area contributed by atoms with E-state index < -0.39 is 18.8 Å². The third-order valence-electron chi connectivity index (χ3n) is 3.13. The van der Waals surface area contributed by atoms with Crippen LogP contribution in [0.15, 0.2) is 48.5 Å². The van der Waals surface area contributed by atoms with Crippen LogP contribution in [0.25, 0.3) is 11.1 Å². The van der Waals surface area contributed by atoms with Gasteiger partial charge in [-0.15, -0.1) is 0 Å². The minimum atomic E-state index is -5.58. The van der Waals surface area contributed by atoms with Crippen molar-refractivity contribution in [1.29, 1.82) is 0 Å². The zero-order chi connectivity index (χ0) is 16.4. The number of rotatable bonds is 5. The summed E-state index contributed by atoms with van der Waals surface area (Å²) in [4.78, 5) is 22.3. The normalized spacial score (nSPS) is 12.4. The van der Waals surface area contributed by atoms with Crippen LogP contribution in [0.5, 0.6) is 0 Å². The Morgan fingerprint density at radius 1 is 1.09 bits per heavy atom. The van der Waals surface area contributed by atoms with E-state index in [-0.39, 0.29) is 0 Å². The summed E-state index contributed by atoms with van der Waals surface area (Å²) in [6.45, 7) is 0.330. The monoisotopic (exact) mass is 330 g/mol. The van der Waals surface area contributed by atoms with Crippen LogP contribution in [-0.4, -0.2) is 9.79 Å². The van der Waals surface area contributed by atoms with E-state index in [1.807, 2.05) is 0 Å². The molecule has 2 aromatic carbocycles. The van der Waals surface area contributed by atoms with Crippen molar-refractivity contribution in [3.63, 3.8) is 0 Å². The first-order valence-electron chi connectivity index (χ1n) is 6.26. The standard InChI is InChI=1S/C14H14F2NO4P/c15-14(16,22(18,19)20)13-3-1-2-12(8-13)11-6-4-10(5-7-11)9-21-17/h1-8H,9H2,17H3,(H-,18,19,20)/p+1. The Hall–Kier alpha value is -1.63. The molecule has 0 aromatic heterocycles. The lowest BCUT2D eigenvalue weighted by molar-refractivity contribution is -0.695. The largest absolute Gasteiger partial charge is 0.399 e. The minimum absolute atomic E-state index is 0.330. The van der Waals surface area contributed by atoms with Gasteiger partial charge in [-0.25, -0.2) is 10.7 Å². The summed E-state index contributed by atoms with van der Waals surface area (Å²) < 4.78 is 38.4. The molecule has 0 amide bonds. The average Bonchev–Trinajstić information content (AvgIpc) is 2.47. The van der Waals surface area contributed by atoms with Gasteiger partial charge in [-0.2, -0.15) is 8.78 Å². The average molecular weight is 330 g/mol. The number of hydrogen-bond acceptors (Lipinski definition) is 2. The van der Waals surface area contributed by atoms with Gasteiger partial charge in [0.15, 0.2) is 0 Å². The van der Waals surface area contributed by atoms with Gasteiger partial charge in [0.2, 0.25) is 0 Å².